The lowest BCUT2D eigenvalue weighted by Gasteiger charge is -1.94. The Kier molecular flexibility index (Phi) is 1.38. The van der Waals surface area contributed by atoms with E-state index in [1.807, 2.05) is 0 Å². The van der Waals surface area contributed by atoms with Crippen molar-refractivity contribution in [1.82, 2.24) is 10.2 Å². The molecule has 4 N–H and O–H groups in total. The fourth-order valence-corrected chi connectivity index (χ4v) is 1.39. The molecule has 0 bridgehead atoms. The summed E-state index contributed by atoms with van der Waals surface area (Å²) in [5.74, 6) is 0. The molecule has 2 aromatic rings. The van der Waals surface area contributed by atoms with Gasteiger partial charge in [0.15, 0.2) is 0 Å². The van der Waals surface area contributed by atoms with Crippen molar-refractivity contribution in [2.45, 2.75) is 0 Å². The third-order valence-electron chi connectivity index (χ3n) is 1.67. The van der Waals surface area contributed by atoms with Crippen molar-refractivity contribution in [3.05, 3.63) is 27.5 Å². The molecule has 1 aromatic heterocycles. The molecule has 0 saturated carbocycles. The minimum absolute atomic E-state index is 0.223. The van der Waals surface area contributed by atoms with Crippen molar-refractivity contribution in [3.8, 4) is 0 Å². The zero-order valence-electron chi connectivity index (χ0n) is 6.02. The van der Waals surface area contributed by atoms with Gasteiger partial charge in [-0.15, -0.1) is 0 Å². The van der Waals surface area contributed by atoms with Crippen LogP contribution in [0.1, 0.15) is 0 Å². The number of hydrogen-bond donors (Lipinski definition) is 3. The lowest BCUT2D eigenvalue weighted by atomic mass is 10.2. The Morgan fingerprint density at radius 2 is 2.08 bits per heavy atom. The monoisotopic (exact) mass is 183 g/mol. The number of hydrogen-bond acceptors (Lipinski definition) is 2. The average molecular weight is 184 g/mol. The highest BCUT2D eigenvalue weighted by Gasteiger charge is 2.05. The van der Waals surface area contributed by atoms with Crippen LogP contribution in [0.15, 0.2) is 16.9 Å². The third-order valence-corrected chi connectivity index (χ3v) is 1.89. The zero-order valence-corrected chi connectivity index (χ0v) is 6.77. The van der Waals surface area contributed by atoms with Crippen LogP contribution in [0, 0.1) is 0 Å². The second-order valence-electron chi connectivity index (χ2n) is 2.50. The number of H-pyrrole nitrogens is 2. The van der Waals surface area contributed by atoms with E-state index in [0.29, 0.717) is 21.6 Å². The Labute approximate surface area is 72.3 Å². The van der Waals surface area contributed by atoms with Gasteiger partial charge in [-0.25, -0.2) is 0 Å². The Hall–Kier alpha value is -1.42. The second kappa shape index (κ2) is 2.28. The molecule has 0 aliphatic heterocycles. The van der Waals surface area contributed by atoms with Gasteiger partial charge in [0.25, 0.3) is 5.56 Å². The highest BCUT2D eigenvalue weighted by molar-refractivity contribution is 6.31. The Bertz CT molecular complexity index is 485. The molecule has 0 aliphatic rings. The van der Waals surface area contributed by atoms with Crippen molar-refractivity contribution in [3.63, 3.8) is 0 Å². The summed E-state index contributed by atoms with van der Waals surface area (Å²) in [5, 5.41) is 6.06. The van der Waals surface area contributed by atoms with E-state index in [0.717, 1.165) is 0 Å². The number of fused-ring (bicyclic) bond motifs is 1. The number of nitrogens with one attached hydrogen (secondary N) is 2. The van der Waals surface area contributed by atoms with Crippen LogP contribution in [0.2, 0.25) is 5.02 Å². The quantitative estimate of drug-likeness (QED) is 0.535. The van der Waals surface area contributed by atoms with Gasteiger partial charge in [0.1, 0.15) is 0 Å². The molecule has 0 aliphatic carbocycles. The van der Waals surface area contributed by atoms with Gasteiger partial charge in [-0.3, -0.25) is 15.0 Å². The normalized spacial score (nSPS) is 10.8. The van der Waals surface area contributed by atoms with Crippen LogP contribution in [0.25, 0.3) is 10.9 Å². The van der Waals surface area contributed by atoms with Crippen LogP contribution in [-0.2, 0) is 0 Å². The number of anilines is 1. The maximum atomic E-state index is 11.1. The fraction of sp³-hybridized carbons (Fsp3) is 0. The molecule has 1 aromatic carbocycles. The minimum atomic E-state index is -0.223. The number of aromatic nitrogens is 2. The van der Waals surface area contributed by atoms with Gasteiger partial charge in [0, 0.05) is 10.7 Å². The number of halogens is 1. The smallest absolute Gasteiger partial charge is 0.273 e. The lowest BCUT2D eigenvalue weighted by Crippen LogP contribution is -2.00. The number of benzene rings is 1. The van der Waals surface area contributed by atoms with Gasteiger partial charge in [0.2, 0.25) is 0 Å². The predicted molar refractivity (Wildman–Crippen MR) is 48.3 cm³/mol. The van der Waals surface area contributed by atoms with Crippen molar-refractivity contribution in [2.24, 2.45) is 0 Å². The van der Waals surface area contributed by atoms with E-state index < -0.39 is 0 Å². The summed E-state index contributed by atoms with van der Waals surface area (Å²) in [7, 11) is 0. The van der Waals surface area contributed by atoms with Crippen molar-refractivity contribution < 1.29 is 0 Å². The number of nitrogen functional groups attached to an aromatic ring is 1. The summed E-state index contributed by atoms with van der Waals surface area (Å²) in [6.45, 7) is 0. The molecule has 4 nitrogen and oxygen atoms in total. The summed E-state index contributed by atoms with van der Waals surface area (Å²) in [6, 6.07) is 3.19. The van der Waals surface area contributed by atoms with E-state index in [9.17, 15) is 4.79 Å². The molecule has 0 radical (unpaired) electrons. The van der Waals surface area contributed by atoms with E-state index in [2.05, 4.69) is 10.2 Å². The maximum Gasteiger partial charge on any atom is 0.273 e. The molecule has 62 valence electrons. The molecule has 0 unspecified atom stereocenters. The summed E-state index contributed by atoms with van der Waals surface area (Å²) in [5.41, 5.74) is 6.37. The minimum Gasteiger partial charge on any atom is -0.398 e. The Balaban J connectivity index is 3.03. The zero-order chi connectivity index (χ0) is 8.72. The first-order chi connectivity index (χ1) is 5.68. The summed E-state index contributed by atoms with van der Waals surface area (Å²) < 4.78 is 0. The van der Waals surface area contributed by atoms with E-state index in [1.165, 1.54) is 0 Å². The first-order valence-electron chi connectivity index (χ1n) is 3.34. The van der Waals surface area contributed by atoms with Crippen molar-refractivity contribution in [2.75, 3.05) is 5.73 Å². The van der Waals surface area contributed by atoms with Crippen molar-refractivity contribution in [1.29, 1.82) is 0 Å². The van der Waals surface area contributed by atoms with Gasteiger partial charge < -0.3 is 5.73 Å². The fourth-order valence-electron chi connectivity index (χ4n) is 1.17. The molecule has 0 spiro atoms. The standard InChI is InChI=1S/C7H6ClN3O/c8-3-1-4(9)6-5(2-3)10-11-7(6)12/h1-2H,9H2,(H2,10,11,12). The summed E-state index contributed by atoms with van der Waals surface area (Å²) >= 11 is 5.72. The summed E-state index contributed by atoms with van der Waals surface area (Å²) in [4.78, 5) is 11.1. The molecule has 12 heavy (non-hydrogen) atoms. The topological polar surface area (TPSA) is 74.7 Å². The molecule has 2 rings (SSSR count). The van der Waals surface area contributed by atoms with Crippen LogP contribution in [0.3, 0.4) is 0 Å². The molecule has 1 heterocycles. The molecular formula is C7H6ClN3O. The molecule has 0 atom stereocenters. The van der Waals surface area contributed by atoms with Gasteiger partial charge in [-0.05, 0) is 12.1 Å². The van der Waals surface area contributed by atoms with Crippen LogP contribution < -0.4 is 11.3 Å². The lowest BCUT2D eigenvalue weighted by molar-refractivity contribution is 1.08. The molecular weight excluding hydrogens is 178 g/mol. The highest BCUT2D eigenvalue weighted by Crippen LogP contribution is 2.20. The third kappa shape index (κ3) is 0.887. The highest BCUT2D eigenvalue weighted by atomic mass is 35.5. The van der Waals surface area contributed by atoms with Crippen LogP contribution in [0.5, 0.6) is 0 Å². The number of rotatable bonds is 0. The SMILES string of the molecule is Nc1cc(Cl)cc2[nH][nH]c(=O)c12. The van der Waals surface area contributed by atoms with Gasteiger partial charge in [-0.2, -0.15) is 0 Å². The molecule has 0 amide bonds. The van der Waals surface area contributed by atoms with Gasteiger partial charge in [-0.1, -0.05) is 11.6 Å². The van der Waals surface area contributed by atoms with E-state index in [-0.39, 0.29) is 5.56 Å². The van der Waals surface area contributed by atoms with Crippen LogP contribution >= 0.6 is 11.6 Å². The number of aromatic amines is 2. The Morgan fingerprint density at radius 1 is 1.33 bits per heavy atom. The van der Waals surface area contributed by atoms with E-state index in [1.54, 1.807) is 12.1 Å². The summed E-state index contributed by atoms with van der Waals surface area (Å²) in [6.07, 6.45) is 0. The van der Waals surface area contributed by atoms with Gasteiger partial charge >= 0.3 is 0 Å². The largest absolute Gasteiger partial charge is 0.398 e. The number of nitrogens with two attached hydrogens (primary N) is 1. The van der Waals surface area contributed by atoms with Crippen LogP contribution in [0.4, 0.5) is 5.69 Å². The Morgan fingerprint density at radius 3 is 2.83 bits per heavy atom. The van der Waals surface area contributed by atoms with Crippen LogP contribution in [-0.4, -0.2) is 10.2 Å². The second-order valence-corrected chi connectivity index (χ2v) is 2.93. The first-order valence-corrected chi connectivity index (χ1v) is 3.71. The maximum absolute atomic E-state index is 11.1. The van der Waals surface area contributed by atoms with E-state index in [4.69, 9.17) is 17.3 Å². The molecule has 0 saturated heterocycles. The predicted octanol–water partition coefficient (Wildman–Crippen LogP) is 1.09. The van der Waals surface area contributed by atoms with Gasteiger partial charge in [0.05, 0.1) is 10.9 Å². The van der Waals surface area contributed by atoms with Crippen molar-refractivity contribution >= 4 is 28.2 Å². The van der Waals surface area contributed by atoms with E-state index >= 15 is 0 Å². The average Bonchev–Trinajstić information content (AvgIpc) is 2.31. The molecule has 5 heteroatoms. The first kappa shape index (κ1) is 7.24. The molecule has 0 fully saturated rings.